The molecule has 2 saturated carbocycles. The molecule has 47 heavy (non-hydrogen) atoms. The molecule has 4 nitrogen and oxygen atoms in total. The van der Waals surface area contributed by atoms with Crippen LogP contribution >= 0.6 is 0 Å². The fourth-order valence-electron chi connectivity index (χ4n) is 9.65. The number of unbranched alkanes of at least 4 members (excludes halogenated alkanes) is 2. The molecule has 0 unspecified atom stereocenters. The predicted molar refractivity (Wildman–Crippen MR) is 186 cm³/mol. The number of aromatic hydroxyl groups is 1. The number of aliphatic hydroxyl groups is 1. The van der Waals surface area contributed by atoms with E-state index >= 15 is 4.39 Å². The summed E-state index contributed by atoms with van der Waals surface area (Å²) in [4.78, 5) is 15.7. The molecule has 3 aliphatic carbocycles. The van der Waals surface area contributed by atoms with Crippen molar-refractivity contribution in [1.29, 1.82) is 0 Å². The maximum atomic E-state index is 16.1. The molecule has 7 atom stereocenters. The third-order valence-corrected chi connectivity index (χ3v) is 12.0. The number of hydrogen-bond acceptors (Lipinski definition) is 3. The number of halogens is 1. The second-order valence-corrected chi connectivity index (χ2v) is 14.9. The van der Waals surface area contributed by atoms with E-state index in [1.807, 2.05) is 47.4 Å². The summed E-state index contributed by atoms with van der Waals surface area (Å²) in [5, 5.41) is 23.6. The molecule has 0 aliphatic heterocycles. The summed E-state index contributed by atoms with van der Waals surface area (Å²) in [5.41, 5.74) is 3.97. The minimum absolute atomic E-state index is 0.144. The number of amides is 1. The number of hydrogen-bond donors (Lipinski definition) is 2. The lowest BCUT2D eigenvalue weighted by Gasteiger charge is -2.54. The quantitative estimate of drug-likeness (QED) is 0.172. The van der Waals surface area contributed by atoms with Crippen molar-refractivity contribution in [1.82, 2.24) is 4.90 Å². The van der Waals surface area contributed by atoms with Crippen LogP contribution in [0.25, 0.3) is 10.8 Å². The highest BCUT2D eigenvalue weighted by Gasteiger charge is 2.59. The van der Waals surface area contributed by atoms with E-state index in [-0.39, 0.29) is 28.9 Å². The Morgan fingerprint density at radius 2 is 1.68 bits per heavy atom. The first kappa shape index (κ1) is 31.9. The van der Waals surface area contributed by atoms with Crippen LogP contribution in [0.15, 0.2) is 91.0 Å². The van der Waals surface area contributed by atoms with Crippen molar-refractivity contribution in [2.45, 2.75) is 89.4 Å². The van der Waals surface area contributed by atoms with Gasteiger partial charge in [-0.2, -0.15) is 0 Å². The second kappa shape index (κ2) is 13.4. The first-order chi connectivity index (χ1) is 22.8. The molecule has 7 rings (SSSR count). The van der Waals surface area contributed by atoms with Crippen LogP contribution in [0.1, 0.15) is 80.0 Å². The zero-order chi connectivity index (χ0) is 32.5. The number of rotatable bonds is 10. The van der Waals surface area contributed by atoms with Gasteiger partial charge in [-0.25, -0.2) is 4.39 Å². The number of carbonyl (C=O) groups is 1. The van der Waals surface area contributed by atoms with Gasteiger partial charge in [0.05, 0.1) is 12.5 Å². The average molecular weight is 634 g/mol. The minimum Gasteiger partial charge on any atom is -0.508 e. The highest BCUT2D eigenvalue weighted by Crippen LogP contribution is 2.63. The lowest BCUT2D eigenvalue weighted by atomic mass is 9.51. The maximum Gasteiger partial charge on any atom is 0.227 e. The Balaban J connectivity index is 1.02. The number of benzene rings is 4. The molecule has 0 saturated heterocycles. The first-order valence-electron chi connectivity index (χ1n) is 17.7. The Morgan fingerprint density at radius 1 is 0.894 bits per heavy atom. The zero-order valence-corrected chi connectivity index (χ0v) is 27.5. The maximum absolute atomic E-state index is 16.1. The van der Waals surface area contributed by atoms with Crippen LogP contribution in [-0.2, 0) is 24.2 Å². The highest BCUT2D eigenvalue weighted by atomic mass is 19.1. The number of nitrogens with zero attached hydrogens (tertiary/aromatic N) is 1. The molecule has 246 valence electrons. The monoisotopic (exact) mass is 633 g/mol. The van der Waals surface area contributed by atoms with E-state index in [2.05, 4.69) is 49.4 Å². The van der Waals surface area contributed by atoms with Gasteiger partial charge in [-0.05, 0) is 107 Å². The summed E-state index contributed by atoms with van der Waals surface area (Å²) in [6.45, 7) is 3.42. The Labute approximate surface area is 278 Å². The molecule has 0 aromatic heterocycles. The van der Waals surface area contributed by atoms with Gasteiger partial charge in [0.15, 0.2) is 0 Å². The first-order valence-corrected chi connectivity index (χ1v) is 17.7. The van der Waals surface area contributed by atoms with Crippen LogP contribution in [0, 0.1) is 23.2 Å². The molecule has 0 spiro atoms. The number of fused-ring (bicyclic) bond motifs is 6. The van der Waals surface area contributed by atoms with E-state index in [1.54, 1.807) is 6.07 Å². The Hall–Kier alpha value is -3.70. The van der Waals surface area contributed by atoms with Gasteiger partial charge in [0.2, 0.25) is 5.91 Å². The molecule has 4 aromatic carbocycles. The van der Waals surface area contributed by atoms with E-state index in [0.29, 0.717) is 37.8 Å². The molecule has 3 aliphatic rings. The average Bonchev–Trinajstić information content (AvgIpc) is 3.36. The summed E-state index contributed by atoms with van der Waals surface area (Å²) in [6.07, 6.45) is 5.88. The molecular formula is C42H48FNO3. The van der Waals surface area contributed by atoms with Crippen molar-refractivity contribution >= 4 is 16.7 Å². The van der Waals surface area contributed by atoms with Crippen molar-refractivity contribution in [3.8, 4) is 5.75 Å². The molecule has 1 amide bonds. The van der Waals surface area contributed by atoms with E-state index in [1.165, 1.54) is 5.39 Å². The molecule has 2 fully saturated rings. The van der Waals surface area contributed by atoms with Crippen LogP contribution in [0.4, 0.5) is 4.39 Å². The van der Waals surface area contributed by atoms with Crippen LogP contribution in [-0.4, -0.2) is 39.8 Å². The van der Waals surface area contributed by atoms with E-state index in [9.17, 15) is 15.0 Å². The van der Waals surface area contributed by atoms with Crippen molar-refractivity contribution in [2.75, 3.05) is 6.54 Å². The Kier molecular flexibility index (Phi) is 9.11. The molecule has 0 radical (unpaired) electrons. The number of phenolic OH excluding ortho intramolecular Hbond substituents is 1. The van der Waals surface area contributed by atoms with Gasteiger partial charge in [0.1, 0.15) is 11.9 Å². The van der Waals surface area contributed by atoms with Gasteiger partial charge < -0.3 is 15.1 Å². The van der Waals surface area contributed by atoms with Crippen LogP contribution in [0.2, 0.25) is 0 Å². The van der Waals surface area contributed by atoms with Crippen LogP contribution < -0.4 is 0 Å². The molecule has 2 N–H and O–H groups in total. The normalized spacial score (nSPS) is 28.0. The number of carbonyl (C=O) groups excluding carboxylic acids is 1. The lowest BCUT2D eigenvalue weighted by molar-refractivity contribution is -0.131. The topological polar surface area (TPSA) is 60.8 Å². The largest absolute Gasteiger partial charge is 0.508 e. The molecule has 0 heterocycles. The molecule has 4 aromatic rings. The van der Waals surface area contributed by atoms with Gasteiger partial charge in [0.25, 0.3) is 0 Å². The Bertz CT molecular complexity index is 1710. The van der Waals surface area contributed by atoms with Crippen LogP contribution in [0.3, 0.4) is 0 Å². The summed E-state index contributed by atoms with van der Waals surface area (Å²) < 4.78 is 16.1. The van der Waals surface area contributed by atoms with Gasteiger partial charge in [-0.3, -0.25) is 4.79 Å². The van der Waals surface area contributed by atoms with Crippen molar-refractivity contribution in [2.24, 2.45) is 23.2 Å². The molecule has 0 bridgehead atoms. The minimum atomic E-state index is -0.986. The lowest BCUT2D eigenvalue weighted by Crippen LogP contribution is -2.51. The summed E-state index contributed by atoms with van der Waals surface area (Å²) in [5.74, 6) is 1.07. The third kappa shape index (κ3) is 6.44. The van der Waals surface area contributed by atoms with E-state index in [4.69, 9.17) is 0 Å². The molecule has 5 heteroatoms. The predicted octanol–water partition coefficient (Wildman–Crippen LogP) is 8.77. The third-order valence-electron chi connectivity index (χ3n) is 12.0. The number of alkyl halides is 1. The standard InChI is InChI=1S/C42H48FNO3/c1-42-26-37(43)41-35-18-17-34(45)25-33(35)24-32(40(41)36(42)19-20-38(42)46)14-6-3-9-21-44(27-28-10-4-2-5-11-28)39(47)23-29-15-16-30-12-7-8-13-31(30)22-29/h2,4-5,7-8,10-13,15-18,22,25,32,36-38,40-41,45-46H,3,6,9,14,19-21,23-24,26-27H2,1H3/t32-,36+,37+,38+,40+,41+,42+/m1/s1. The zero-order valence-electron chi connectivity index (χ0n) is 27.5. The van der Waals surface area contributed by atoms with Crippen LogP contribution in [0.5, 0.6) is 5.75 Å². The highest BCUT2D eigenvalue weighted by molar-refractivity contribution is 5.85. The number of phenols is 1. The van der Waals surface area contributed by atoms with Gasteiger partial charge in [-0.1, -0.05) is 98.6 Å². The van der Waals surface area contributed by atoms with E-state index in [0.717, 1.165) is 72.6 Å². The fraction of sp³-hybridized carbons (Fsp3) is 0.452. The van der Waals surface area contributed by atoms with Crippen molar-refractivity contribution < 1.29 is 19.4 Å². The van der Waals surface area contributed by atoms with Gasteiger partial charge >= 0.3 is 0 Å². The Morgan fingerprint density at radius 3 is 2.51 bits per heavy atom. The second-order valence-electron chi connectivity index (χ2n) is 14.9. The smallest absolute Gasteiger partial charge is 0.227 e. The van der Waals surface area contributed by atoms with Gasteiger partial charge in [0, 0.05) is 19.0 Å². The summed E-state index contributed by atoms with van der Waals surface area (Å²) in [7, 11) is 0. The molecular weight excluding hydrogens is 585 g/mol. The fourth-order valence-corrected chi connectivity index (χ4v) is 9.65. The van der Waals surface area contributed by atoms with Crippen molar-refractivity contribution in [3.63, 3.8) is 0 Å². The number of aliphatic hydroxyl groups excluding tert-OH is 1. The SMILES string of the molecule is C[C@]12C[C@H](F)[C@@H]3c4ccc(O)cc4C[C@@H](CCCCCN(Cc4ccccc4)C(=O)Cc4ccc5ccccc5c4)[C@H]3[C@@H]1CC[C@@H]2O. The van der Waals surface area contributed by atoms with Crippen molar-refractivity contribution in [3.05, 3.63) is 113 Å². The summed E-state index contributed by atoms with van der Waals surface area (Å²) >= 11 is 0. The van der Waals surface area contributed by atoms with Gasteiger partial charge in [-0.15, -0.1) is 0 Å². The summed E-state index contributed by atoms with van der Waals surface area (Å²) in [6, 6.07) is 30.3. The van der Waals surface area contributed by atoms with E-state index < -0.39 is 12.3 Å².